The number of anilines is 1. The zero-order valence-electron chi connectivity index (χ0n) is 24.7. The average molecular weight is 591 g/mol. The van der Waals surface area contributed by atoms with Gasteiger partial charge in [0.1, 0.15) is 11.8 Å². The van der Waals surface area contributed by atoms with Crippen molar-refractivity contribution in [2.24, 2.45) is 5.92 Å². The highest BCUT2D eigenvalue weighted by molar-refractivity contribution is 6.12. The molecule has 1 atom stereocenters. The fourth-order valence-corrected chi connectivity index (χ4v) is 5.15. The van der Waals surface area contributed by atoms with E-state index in [0.29, 0.717) is 48.1 Å². The smallest absolute Gasteiger partial charge is 0.326 e. The van der Waals surface area contributed by atoms with Crippen LogP contribution in [0.15, 0.2) is 109 Å². The van der Waals surface area contributed by atoms with E-state index in [2.05, 4.69) is 5.32 Å². The number of ether oxygens (including phenoxy) is 1. The molecule has 1 aliphatic carbocycles. The third-order valence-corrected chi connectivity index (χ3v) is 7.77. The second kappa shape index (κ2) is 15.0. The summed E-state index contributed by atoms with van der Waals surface area (Å²) in [6.07, 6.45) is 3.74. The van der Waals surface area contributed by atoms with Crippen LogP contribution in [0.1, 0.15) is 46.3 Å². The van der Waals surface area contributed by atoms with E-state index in [4.69, 9.17) is 4.74 Å². The van der Waals surface area contributed by atoms with Crippen LogP contribution in [0.2, 0.25) is 0 Å². The lowest BCUT2D eigenvalue weighted by atomic mass is 10.00. The minimum atomic E-state index is -1.01. The van der Waals surface area contributed by atoms with Crippen molar-refractivity contribution < 1.29 is 24.2 Å². The Kier molecular flexibility index (Phi) is 10.4. The highest BCUT2D eigenvalue weighted by Gasteiger charge is 2.26. The molecule has 0 radical (unpaired) electrons. The molecule has 226 valence electrons. The van der Waals surface area contributed by atoms with E-state index in [1.54, 1.807) is 48.5 Å². The summed E-state index contributed by atoms with van der Waals surface area (Å²) < 4.78 is 5.95. The van der Waals surface area contributed by atoms with Gasteiger partial charge in [0.2, 0.25) is 5.91 Å². The first-order valence-electron chi connectivity index (χ1n) is 15.2. The minimum absolute atomic E-state index is 0.154. The molecule has 1 fully saturated rings. The first-order valence-corrected chi connectivity index (χ1v) is 15.2. The Labute approximate surface area is 258 Å². The van der Waals surface area contributed by atoms with Gasteiger partial charge in [-0.05, 0) is 60.6 Å². The minimum Gasteiger partial charge on any atom is -0.494 e. The molecule has 0 unspecified atom stereocenters. The second-order valence-electron chi connectivity index (χ2n) is 11.3. The Morgan fingerprint density at radius 2 is 1.48 bits per heavy atom. The second-order valence-corrected chi connectivity index (χ2v) is 11.3. The lowest BCUT2D eigenvalue weighted by Crippen LogP contribution is -2.35. The van der Waals surface area contributed by atoms with Gasteiger partial charge in [-0.15, -0.1) is 0 Å². The van der Waals surface area contributed by atoms with Crippen LogP contribution in [0.5, 0.6) is 5.75 Å². The number of nitrogens with one attached hydrogen (secondary N) is 1. The Morgan fingerprint density at radius 3 is 2.16 bits per heavy atom. The topological polar surface area (TPSA) is 95.9 Å². The summed E-state index contributed by atoms with van der Waals surface area (Å²) in [5.74, 6) is 0.281. The molecular formula is C37H38N2O5. The zero-order chi connectivity index (χ0) is 30.7. The number of hydrogen-bond acceptors (Lipinski definition) is 5. The molecule has 2 N–H and O–H groups in total. The van der Waals surface area contributed by atoms with Gasteiger partial charge >= 0.3 is 5.97 Å². The van der Waals surface area contributed by atoms with Crippen molar-refractivity contribution in [3.63, 3.8) is 0 Å². The summed E-state index contributed by atoms with van der Waals surface area (Å²) in [6, 6.07) is 32.2. The van der Waals surface area contributed by atoms with Crippen LogP contribution in [0, 0.1) is 5.92 Å². The standard InChI is InChI=1S/C37H38N2O5/c40-35(25-27-10-3-1-4-11-27)39(26-29-16-17-29)22-9-23-44-31-20-18-28(19-21-31)24-34(37(42)43)38-33-15-8-7-14-32(33)36(41)30-12-5-2-6-13-30/h1-8,10-15,18-21,29,34,38H,9,16-17,22-26H2,(H,42,43)/t34-/m0/s1. The summed E-state index contributed by atoms with van der Waals surface area (Å²) in [6.45, 7) is 1.94. The van der Waals surface area contributed by atoms with Crippen LogP contribution in [0.3, 0.4) is 0 Å². The summed E-state index contributed by atoms with van der Waals surface area (Å²) in [5, 5.41) is 13.0. The number of benzene rings is 4. The first-order chi connectivity index (χ1) is 21.5. The fourth-order valence-electron chi connectivity index (χ4n) is 5.15. The third-order valence-electron chi connectivity index (χ3n) is 7.77. The van der Waals surface area contributed by atoms with Crippen LogP contribution >= 0.6 is 0 Å². The molecule has 0 aromatic heterocycles. The predicted octanol–water partition coefficient (Wildman–Crippen LogP) is 6.28. The number of nitrogens with zero attached hydrogens (tertiary/aromatic N) is 1. The monoisotopic (exact) mass is 590 g/mol. The van der Waals surface area contributed by atoms with Gasteiger partial charge in [0.25, 0.3) is 0 Å². The maximum absolute atomic E-state index is 13.1. The molecule has 1 aliphatic rings. The quantitative estimate of drug-likeness (QED) is 0.118. The molecule has 5 rings (SSSR count). The van der Waals surface area contributed by atoms with E-state index in [1.807, 2.05) is 65.6 Å². The Bertz CT molecular complexity index is 1540. The van der Waals surface area contributed by atoms with E-state index < -0.39 is 12.0 Å². The van der Waals surface area contributed by atoms with Crippen LogP contribution in [-0.4, -0.2) is 53.4 Å². The fraction of sp³-hybridized carbons (Fsp3) is 0.270. The zero-order valence-corrected chi connectivity index (χ0v) is 24.7. The maximum atomic E-state index is 13.1. The van der Waals surface area contributed by atoms with Crippen molar-refractivity contribution in [1.82, 2.24) is 4.90 Å². The van der Waals surface area contributed by atoms with Gasteiger partial charge < -0.3 is 20.1 Å². The largest absolute Gasteiger partial charge is 0.494 e. The number of carboxylic acids is 1. The summed E-state index contributed by atoms with van der Waals surface area (Å²) in [7, 11) is 0. The molecule has 0 bridgehead atoms. The SMILES string of the molecule is O=C(c1ccccc1)c1ccccc1N[C@@H](Cc1ccc(OCCCN(CC2CC2)C(=O)Cc2ccccc2)cc1)C(=O)O. The molecule has 4 aromatic rings. The van der Waals surface area contributed by atoms with E-state index >= 15 is 0 Å². The molecule has 4 aromatic carbocycles. The highest BCUT2D eigenvalue weighted by atomic mass is 16.5. The Balaban J connectivity index is 1.13. The number of carbonyl (C=O) groups is 3. The van der Waals surface area contributed by atoms with E-state index in [0.717, 1.165) is 24.1 Å². The van der Waals surface area contributed by atoms with Crippen molar-refractivity contribution in [3.8, 4) is 5.75 Å². The molecule has 7 nitrogen and oxygen atoms in total. The molecule has 7 heteroatoms. The van der Waals surface area contributed by atoms with Crippen molar-refractivity contribution >= 4 is 23.3 Å². The molecule has 0 aliphatic heterocycles. The number of aliphatic carboxylic acids is 1. The number of para-hydroxylation sites is 1. The number of ketones is 1. The van der Waals surface area contributed by atoms with Gasteiger partial charge in [0, 0.05) is 36.3 Å². The van der Waals surface area contributed by atoms with Crippen molar-refractivity contribution in [1.29, 1.82) is 0 Å². The molecule has 0 heterocycles. The number of hydrogen-bond donors (Lipinski definition) is 2. The van der Waals surface area contributed by atoms with Gasteiger partial charge in [-0.2, -0.15) is 0 Å². The summed E-state index contributed by atoms with van der Waals surface area (Å²) >= 11 is 0. The molecule has 0 saturated heterocycles. The predicted molar refractivity (Wildman–Crippen MR) is 171 cm³/mol. The normalized spacial score (nSPS) is 13.1. The Morgan fingerprint density at radius 1 is 0.818 bits per heavy atom. The lowest BCUT2D eigenvalue weighted by Gasteiger charge is -2.23. The number of amides is 1. The van der Waals surface area contributed by atoms with E-state index in [1.165, 1.54) is 12.8 Å². The van der Waals surface area contributed by atoms with Gasteiger partial charge in [0.15, 0.2) is 5.78 Å². The highest BCUT2D eigenvalue weighted by Crippen LogP contribution is 2.30. The molecular weight excluding hydrogens is 552 g/mol. The Hall–Kier alpha value is -4.91. The molecule has 0 spiro atoms. The molecule has 1 saturated carbocycles. The molecule has 1 amide bonds. The van der Waals surface area contributed by atoms with Crippen molar-refractivity contribution in [3.05, 3.63) is 131 Å². The van der Waals surface area contributed by atoms with Gasteiger partial charge in [-0.25, -0.2) is 4.79 Å². The van der Waals surface area contributed by atoms with Crippen molar-refractivity contribution in [2.75, 3.05) is 25.0 Å². The third kappa shape index (κ3) is 8.80. The lowest BCUT2D eigenvalue weighted by molar-refractivity contribution is -0.138. The van der Waals surface area contributed by atoms with Crippen LogP contribution in [0.25, 0.3) is 0 Å². The summed E-state index contributed by atoms with van der Waals surface area (Å²) in [5.41, 5.74) is 3.29. The average Bonchev–Trinajstić information content (AvgIpc) is 3.88. The first kappa shape index (κ1) is 30.5. The van der Waals surface area contributed by atoms with Gasteiger partial charge in [-0.3, -0.25) is 9.59 Å². The van der Waals surface area contributed by atoms with Gasteiger partial charge in [-0.1, -0.05) is 84.9 Å². The van der Waals surface area contributed by atoms with Crippen molar-refractivity contribution in [2.45, 2.75) is 38.1 Å². The number of carbonyl (C=O) groups excluding carboxylic acids is 2. The van der Waals surface area contributed by atoms with Crippen LogP contribution in [-0.2, 0) is 22.4 Å². The van der Waals surface area contributed by atoms with Crippen LogP contribution < -0.4 is 10.1 Å². The van der Waals surface area contributed by atoms with E-state index in [9.17, 15) is 19.5 Å². The van der Waals surface area contributed by atoms with E-state index in [-0.39, 0.29) is 18.1 Å². The van der Waals surface area contributed by atoms with Crippen LogP contribution in [0.4, 0.5) is 5.69 Å². The van der Waals surface area contributed by atoms with Gasteiger partial charge in [0.05, 0.1) is 13.0 Å². The number of rotatable bonds is 16. The molecule has 44 heavy (non-hydrogen) atoms. The maximum Gasteiger partial charge on any atom is 0.326 e. The summed E-state index contributed by atoms with van der Waals surface area (Å²) in [4.78, 5) is 40.2. The number of carboxylic acid groups (broad SMARTS) is 1.